The van der Waals surface area contributed by atoms with Crippen LogP contribution in [0.5, 0.6) is 17.2 Å². The largest absolute Gasteiger partial charge is 0.506 e. The molecule has 1 fully saturated rings. The van der Waals surface area contributed by atoms with E-state index in [1.165, 1.54) is 12.3 Å². The number of rotatable bonds is 9. The molecule has 30 heavy (non-hydrogen) atoms. The summed E-state index contributed by atoms with van der Waals surface area (Å²) >= 11 is 0. The molecule has 1 aliphatic rings. The number of β-amino-alcohol motifs (C(OH)–C–C–N with tert-alkyl or cyclic N) is 1. The van der Waals surface area contributed by atoms with E-state index in [0.29, 0.717) is 11.5 Å². The van der Waals surface area contributed by atoms with E-state index in [1.807, 2.05) is 12.1 Å². The van der Waals surface area contributed by atoms with Gasteiger partial charge in [-0.05, 0) is 18.9 Å². The zero-order valence-electron chi connectivity index (χ0n) is 18.0. The number of nitrogens with zero attached hydrogens (tertiary/aromatic N) is 3. The van der Waals surface area contributed by atoms with E-state index in [4.69, 9.17) is 24.4 Å². The first-order chi connectivity index (χ1) is 14.0. The molecule has 1 aromatic carbocycles. The van der Waals surface area contributed by atoms with Crippen LogP contribution in [0, 0.1) is 0 Å². The topological polar surface area (TPSA) is 87.0 Å². The van der Waals surface area contributed by atoms with E-state index >= 15 is 0 Å². The Morgan fingerprint density at radius 1 is 1.07 bits per heavy atom. The summed E-state index contributed by atoms with van der Waals surface area (Å²) < 4.78 is 16.3. The molecule has 2 rings (SSSR count). The van der Waals surface area contributed by atoms with Gasteiger partial charge in [-0.3, -0.25) is 14.8 Å². The first-order valence-electron chi connectivity index (χ1n) is 9.35. The third-order valence-electron chi connectivity index (χ3n) is 4.49. The van der Waals surface area contributed by atoms with Crippen molar-refractivity contribution in [3.63, 3.8) is 0 Å². The van der Waals surface area contributed by atoms with Crippen LogP contribution in [-0.4, -0.2) is 87.4 Å². The van der Waals surface area contributed by atoms with Crippen molar-refractivity contribution < 1.29 is 45.5 Å². The minimum Gasteiger partial charge on any atom is -0.506 e. The Balaban J connectivity index is 0.000000909. The zero-order chi connectivity index (χ0) is 21.6. The number of ether oxygens (including phenoxy) is 3. The summed E-state index contributed by atoms with van der Waals surface area (Å²) in [5.41, 5.74) is 1.09. The van der Waals surface area contributed by atoms with Crippen molar-refractivity contribution in [2.45, 2.75) is 6.54 Å². The SMILES string of the molecule is C=C/C(O)=C\N=C.COc1ccc(CN2CCN(CCO)CC2)c(OC)c1OC.[W]. The third kappa shape index (κ3) is 8.88. The van der Waals surface area contributed by atoms with Gasteiger partial charge in [0.25, 0.3) is 0 Å². The van der Waals surface area contributed by atoms with Crippen LogP contribution in [0.15, 0.2) is 41.7 Å². The molecule has 1 aliphatic heterocycles. The Hall–Kier alpha value is -1.86. The van der Waals surface area contributed by atoms with Gasteiger partial charge in [-0.25, -0.2) is 0 Å². The molecule has 0 radical (unpaired) electrons. The Morgan fingerprint density at radius 2 is 1.67 bits per heavy atom. The summed E-state index contributed by atoms with van der Waals surface area (Å²) in [5.74, 6) is 2.09. The summed E-state index contributed by atoms with van der Waals surface area (Å²) in [5, 5.41) is 17.5. The number of aliphatic imine (C=N–C) groups is 1. The Bertz CT molecular complexity index is 677. The molecule has 0 bridgehead atoms. The summed E-state index contributed by atoms with van der Waals surface area (Å²) in [6, 6.07) is 3.94. The van der Waals surface area contributed by atoms with Gasteiger partial charge in [-0.15, -0.1) is 0 Å². The number of allylic oxidation sites excluding steroid dienone is 1. The van der Waals surface area contributed by atoms with Gasteiger partial charge in [0.15, 0.2) is 11.5 Å². The molecule has 168 valence electrons. The molecule has 1 aromatic rings. The van der Waals surface area contributed by atoms with Gasteiger partial charge >= 0.3 is 0 Å². The normalized spacial score (nSPS) is 14.6. The van der Waals surface area contributed by atoms with Crippen LogP contribution in [0.4, 0.5) is 0 Å². The number of piperazine rings is 1. The molecule has 0 amide bonds. The van der Waals surface area contributed by atoms with Crippen LogP contribution in [0.3, 0.4) is 0 Å². The number of hydrogen-bond donors (Lipinski definition) is 2. The molecule has 0 aliphatic carbocycles. The smallest absolute Gasteiger partial charge is 0.203 e. The van der Waals surface area contributed by atoms with Gasteiger partial charge in [-0.1, -0.05) is 12.6 Å². The van der Waals surface area contributed by atoms with Crippen molar-refractivity contribution >= 4 is 6.72 Å². The molecule has 1 saturated heterocycles. The molecule has 1 heterocycles. The second-order valence-corrected chi connectivity index (χ2v) is 6.28. The molecular weight excluding hydrogens is 558 g/mol. The second-order valence-electron chi connectivity index (χ2n) is 6.28. The van der Waals surface area contributed by atoms with Crippen molar-refractivity contribution in [1.82, 2.24) is 9.80 Å². The molecule has 9 heteroatoms. The molecule has 0 unspecified atom stereocenters. The molecule has 8 nitrogen and oxygen atoms in total. The predicted molar refractivity (Wildman–Crippen MR) is 115 cm³/mol. The number of methoxy groups -OCH3 is 3. The van der Waals surface area contributed by atoms with Gasteiger partial charge < -0.3 is 24.4 Å². The molecule has 0 aromatic heterocycles. The molecule has 0 spiro atoms. The Labute approximate surface area is 193 Å². The number of aliphatic hydroxyl groups is 2. The van der Waals surface area contributed by atoms with Gasteiger partial charge in [0, 0.05) is 65.9 Å². The van der Waals surface area contributed by atoms with E-state index < -0.39 is 0 Å². The maximum Gasteiger partial charge on any atom is 0.203 e. The standard InChI is InChI=1S/C16H26N2O4.C5H7NO.W/c1-20-14-5-4-13(15(21-2)16(14)22-3)12-18-8-6-17(7-9-18)10-11-19;1-3-5(7)4-6-2;/h4-5,19H,6-12H2,1-3H3;3-4,7H,1-2H2;/b;5-4+;. The van der Waals surface area contributed by atoms with Crippen LogP contribution in [0.1, 0.15) is 5.56 Å². The van der Waals surface area contributed by atoms with Crippen molar-refractivity contribution in [2.75, 3.05) is 60.7 Å². The minimum atomic E-state index is 0. The predicted octanol–water partition coefficient (Wildman–Crippen LogP) is 2.09. The van der Waals surface area contributed by atoms with Crippen molar-refractivity contribution in [3.8, 4) is 17.2 Å². The summed E-state index contributed by atoms with van der Waals surface area (Å²) in [6.45, 7) is 12.1. The van der Waals surface area contributed by atoms with Crippen LogP contribution in [0.25, 0.3) is 0 Å². The fourth-order valence-electron chi connectivity index (χ4n) is 2.99. The van der Waals surface area contributed by atoms with E-state index in [-0.39, 0.29) is 33.4 Å². The Kier molecular flexibility index (Phi) is 14.9. The van der Waals surface area contributed by atoms with Crippen molar-refractivity contribution in [1.29, 1.82) is 0 Å². The van der Waals surface area contributed by atoms with Crippen LogP contribution < -0.4 is 14.2 Å². The fourth-order valence-corrected chi connectivity index (χ4v) is 2.99. The van der Waals surface area contributed by atoms with E-state index in [2.05, 4.69) is 28.1 Å². The average molecular weight is 591 g/mol. The van der Waals surface area contributed by atoms with Crippen LogP contribution in [-0.2, 0) is 27.6 Å². The van der Waals surface area contributed by atoms with E-state index in [9.17, 15) is 0 Å². The minimum absolute atomic E-state index is 0. The van der Waals surface area contributed by atoms with Gasteiger partial charge in [0.2, 0.25) is 5.75 Å². The first kappa shape index (κ1) is 28.1. The number of hydrogen-bond acceptors (Lipinski definition) is 8. The molecule has 0 saturated carbocycles. The van der Waals surface area contributed by atoms with Crippen LogP contribution >= 0.6 is 0 Å². The van der Waals surface area contributed by atoms with Crippen LogP contribution in [0.2, 0.25) is 0 Å². The monoisotopic (exact) mass is 591 g/mol. The zero-order valence-corrected chi connectivity index (χ0v) is 21.0. The van der Waals surface area contributed by atoms with Crippen molar-refractivity contribution in [3.05, 3.63) is 42.3 Å². The van der Waals surface area contributed by atoms with Gasteiger partial charge in [0.1, 0.15) is 5.76 Å². The van der Waals surface area contributed by atoms with Crippen molar-refractivity contribution in [2.24, 2.45) is 4.99 Å². The average Bonchev–Trinajstić information content (AvgIpc) is 2.75. The summed E-state index contributed by atoms with van der Waals surface area (Å²) in [4.78, 5) is 7.94. The van der Waals surface area contributed by atoms with Gasteiger partial charge in [-0.2, -0.15) is 0 Å². The quantitative estimate of drug-likeness (QED) is 0.259. The van der Waals surface area contributed by atoms with Gasteiger partial charge in [0.05, 0.1) is 34.1 Å². The maximum atomic E-state index is 9.00. The number of aliphatic hydroxyl groups excluding tert-OH is 2. The molecule has 2 N–H and O–H groups in total. The summed E-state index contributed by atoms with van der Waals surface area (Å²) in [7, 11) is 4.90. The first-order valence-corrected chi connectivity index (χ1v) is 9.35. The summed E-state index contributed by atoms with van der Waals surface area (Å²) in [6.07, 6.45) is 2.50. The van der Waals surface area contributed by atoms with E-state index in [1.54, 1.807) is 21.3 Å². The maximum absolute atomic E-state index is 9.00. The third-order valence-corrected chi connectivity index (χ3v) is 4.49. The second kappa shape index (κ2) is 15.9. The molecular formula is C21H33N3O5W. The fraction of sp³-hybridized carbons (Fsp3) is 0.476. The molecule has 0 atom stereocenters. The number of benzene rings is 1. The van der Waals surface area contributed by atoms with E-state index in [0.717, 1.165) is 50.6 Å². The Morgan fingerprint density at radius 3 is 2.10 bits per heavy atom.